The maximum atomic E-state index is 13.0. The van der Waals surface area contributed by atoms with Crippen LogP contribution in [0.4, 0.5) is 5.69 Å². The van der Waals surface area contributed by atoms with Gasteiger partial charge in [0.25, 0.3) is 0 Å². The van der Waals surface area contributed by atoms with Gasteiger partial charge in [-0.1, -0.05) is 48.0 Å². The first-order valence-electron chi connectivity index (χ1n) is 9.13. The fraction of sp³-hybridized carbons (Fsp3) is 0.0435. The van der Waals surface area contributed by atoms with E-state index < -0.39 is 0 Å². The van der Waals surface area contributed by atoms with Crippen molar-refractivity contribution in [1.29, 1.82) is 0 Å². The van der Waals surface area contributed by atoms with Crippen molar-refractivity contribution >= 4 is 34.2 Å². The lowest BCUT2D eigenvalue weighted by atomic mass is 10.1. The van der Waals surface area contributed by atoms with Crippen molar-refractivity contribution < 1.29 is 0 Å². The number of halogens is 1. The van der Waals surface area contributed by atoms with E-state index in [1.54, 1.807) is 24.4 Å². The normalized spacial score (nSPS) is 11.6. The zero-order valence-electron chi connectivity index (χ0n) is 15.5. The molecular formula is C23H19ClN4O. The molecule has 0 fully saturated rings. The van der Waals surface area contributed by atoms with Crippen LogP contribution in [0.2, 0.25) is 5.02 Å². The van der Waals surface area contributed by atoms with E-state index in [-0.39, 0.29) is 17.9 Å². The van der Waals surface area contributed by atoms with Gasteiger partial charge in [-0.3, -0.25) is 4.79 Å². The molecule has 1 heterocycles. The number of anilines is 1. The van der Waals surface area contributed by atoms with E-state index in [4.69, 9.17) is 17.3 Å². The van der Waals surface area contributed by atoms with Gasteiger partial charge in [-0.05, 0) is 42.5 Å². The molecule has 0 unspecified atom stereocenters. The number of aliphatic imine (C=N–C) groups is 1. The van der Waals surface area contributed by atoms with Crippen LogP contribution in [0.3, 0.4) is 0 Å². The molecule has 0 aliphatic carbocycles. The van der Waals surface area contributed by atoms with Gasteiger partial charge >= 0.3 is 0 Å². The molecule has 4 rings (SSSR count). The summed E-state index contributed by atoms with van der Waals surface area (Å²) < 4.78 is 1.95. The van der Waals surface area contributed by atoms with Crippen molar-refractivity contribution in [1.82, 2.24) is 4.57 Å². The summed E-state index contributed by atoms with van der Waals surface area (Å²) >= 11 is 6.19. The molecule has 6 heteroatoms. The molecule has 0 radical (unpaired) electrons. The molecule has 144 valence electrons. The Labute approximate surface area is 173 Å². The molecule has 0 bridgehead atoms. The molecule has 1 aromatic heterocycles. The van der Waals surface area contributed by atoms with Crippen molar-refractivity contribution in [2.45, 2.75) is 6.54 Å². The molecule has 3 N–H and O–H groups in total. The van der Waals surface area contributed by atoms with Crippen LogP contribution in [0.5, 0.6) is 0 Å². The van der Waals surface area contributed by atoms with Gasteiger partial charge < -0.3 is 15.6 Å². The fourth-order valence-corrected chi connectivity index (χ4v) is 3.31. The molecule has 0 aliphatic heterocycles. The van der Waals surface area contributed by atoms with Gasteiger partial charge in [0.2, 0.25) is 0 Å². The second kappa shape index (κ2) is 8.20. The Balaban J connectivity index is 1.75. The Morgan fingerprint density at radius 1 is 1.00 bits per heavy atom. The van der Waals surface area contributed by atoms with Crippen LogP contribution < -0.4 is 16.5 Å². The highest BCUT2D eigenvalue weighted by Gasteiger charge is 2.11. The number of benzene rings is 3. The Morgan fingerprint density at radius 2 is 1.69 bits per heavy atom. The SMILES string of the molecule is NC(=NCc1cn(-c2ccccc2)c2cc(Cl)ccc2c1=O)Nc1ccccc1. The van der Waals surface area contributed by atoms with Gasteiger partial charge in [0, 0.05) is 33.5 Å². The first kappa shape index (κ1) is 18.8. The van der Waals surface area contributed by atoms with E-state index in [2.05, 4.69) is 10.3 Å². The summed E-state index contributed by atoms with van der Waals surface area (Å²) in [5.41, 5.74) is 8.97. The lowest BCUT2D eigenvalue weighted by molar-refractivity contribution is 0.990. The number of pyridine rings is 1. The van der Waals surface area contributed by atoms with Gasteiger partial charge in [0.1, 0.15) is 0 Å². The third-order valence-electron chi connectivity index (χ3n) is 4.54. The number of rotatable bonds is 4. The molecule has 5 nitrogen and oxygen atoms in total. The van der Waals surface area contributed by atoms with Gasteiger partial charge in [0.15, 0.2) is 11.4 Å². The zero-order chi connectivity index (χ0) is 20.2. The summed E-state index contributed by atoms with van der Waals surface area (Å²) in [7, 11) is 0. The van der Waals surface area contributed by atoms with Crippen molar-refractivity contribution in [3.63, 3.8) is 0 Å². The molecule has 0 amide bonds. The average molecular weight is 403 g/mol. The molecule has 4 aromatic rings. The highest BCUT2D eigenvalue weighted by molar-refractivity contribution is 6.31. The van der Waals surface area contributed by atoms with Crippen LogP contribution in [-0.4, -0.2) is 10.5 Å². The highest BCUT2D eigenvalue weighted by atomic mass is 35.5. The van der Waals surface area contributed by atoms with Crippen molar-refractivity contribution in [2.24, 2.45) is 10.7 Å². The summed E-state index contributed by atoms with van der Waals surface area (Å²) in [4.78, 5) is 17.4. The van der Waals surface area contributed by atoms with Crippen molar-refractivity contribution in [3.8, 4) is 5.69 Å². The number of guanidine groups is 1. The predicted molar refractivity (Wildman–Crippen MR) is 120 cm³/mol. The van der Waals surface area contributed by atoms with Crippen molar-refractivity contribution in [2.75, 3.05) is 5.32 Å². The lowest BCUT2D eigenvalue weighted by Crippen LogP contribution is -2.23. The van der Waals surface area contributed by atoms with Crippen LogP contribution in [-0.2, 0) is 6.54 Å². The van der Waals surface area contributed by atoms with E-state index in [1.807, 2.05) is 65.2 Å². The Kier molecular flexibility index (Phi) is 5.31. The first-order valence-corrected chi connectivity index (χ1v) is 9.51. The largest absolute Gasteiger partial charge is 0.370 e. The number of aromatic nitrogens is 1. The van der Waals surface area contributed by atoms with Crippen molar-refractivity contribution in [3.05, 3.63) is 106 Å². The van der Waals surface area contributed by atoms with E-state index in [1.165, 1.54) is 0 Å². The minimum Gasteiger partial charge on any atom is -0.370 e. The first-order chi connectivity index (χ1) is 14.1. The summed E-state index contributed by atoms with van der Waals surface area (Å²) in [6, 6.07) is 24.6. The number of nitrogens with zero attached hydrogens (tertiary/aromatic N) is 2. The Morgan fingerprint density at radius 3 is 2.41 bits per heavy atom. The van der Waals surface area contributed by atoms with Gasteiger partial charge in [-0.25, -0.2) is 4.99 Å². The maximum Gasteiger partial charge on any atom is 0.194 e. The third kappa shape index (κ3) is 4.15. The second-order valence-electron chi connectivity index (χ2n) is 6.54. The molecule has 29 heavy (non-hydrogen) atoms. The smallest absolute Gasteiger partial charge is 0.194 e. The lowest BCUT2D eigenvalue weighted by Gasteiger charge is -2.13. The zero-order valence-corrected chi connectivity index (χ0v) is 16.3. The summed E-state index contributed by atoms with van der Waals surface area (Å²) in [5.74, 6) is 0.248. The van der Waals surface area contributed by atoms with E-state index in [0.29, 0.717) is 16.0 Å². The monoisotopic (exact) mass is 402 g/mol. The standard InChI is InChI=1S/C23H19ClN4O/c24-17-11-12-20-21(13-17)28(19-9-5-2-6-10-19)15-16(22(20)29)14-26-23(25)27-18-7-3-1-4-8-18/h1-13,15H,14H2,(H3,25,26,27). The highest BCUT2D eigenvalue weighted by Crippen LogP contribution is 2.21. The molecule has 0 saturated carbocycles. The van der Waals surface area contributed by atoms with E-state index >= 15 is 0 Å². The fourth-order valence-electron chi connectivity index (χ4n) is 3.15. The maximum absolute atomic E-state index is 13.0. The van der Waals surface area contributed by atoms with Gasteiger partial charge in [0.05, 0.1) is 12.1 Å². The van der Waals surface area contributed by atoms with Crippen LogP contribution in [0, 0.1) is 0 Å². The molecule has 0 saturated heterocycles. The van der Waals surface area contributed by atoms with Crippen LogP contribution in [0.1, 0.15) is 5.56 Å². The predicted octanol–water partition coefficient (Wildman–Crippen LogP) is 4.57. The molecule has 3 aromatic carbocycles. The molecule has 0 aliphatic rings. The van der Waals surface area contributed by atoms with Crippen LogP contribution >= 0.6 is 11.6 Å². The Bertz CT molecular complexity index is 1230. The summed E-state index contributed by atoms with van der Waals surface area (Å²) in [5, 5.41) is 4.18. The third-order valence-corrected chi connectivity index (χ3v) is 4.78. The van der Waals surface area contributed by atoms with E-state index in [0.717, 1.165) is 16.9 Å². The number of fused-ring (bicyclic) bond motifs is 1. The van der Waals surface area contributed by atoms with Crippen LogP contribution in [0.25, 0.3) is 16.6 Å². The van der Waals surface area contributed by atoms with Gasteiger partial charge in [-0.2, -0.15) is 0 Å². The van der Waals surface area contributed by atoms with Crippen LogP contribution in [0.15, 0.2) is 94.8 Å². The Hall–Kier alpha value is -3.57. The average Bonchev–Trinajstić information content (AvgIpc) is 2.74. The number of nitrogens with two attached hydrogens (primary N) is 1. The second-order valence-corrected chi connectivity index (χ2v) is 6.98. The van der Waals surface area contributed by atoms with E-state index in [9.17, 15) is 4.79 Å². The minimum atomic E-state index is -0.0832. The number of para-hydroxylation sites is 2. The minimum absolute atomic E-state index is 0.0832. The number of hydrogen-bond acceptors (Lipinski definition) is 2. The topological polar surface area (TPSA) is 72.4 Å². The molecule has 0 spiro atoms. The van der Waals surface area contributed by atoms with Gasteiger partial charge in [-0.15, -0.1) is 0 Å². The summed E-state index contributed by atoms with van der Waals surface area (Å²) in [6.45, 7) is 0.163. The quantitative estimate of drug-likeness (QED) is 0.388. The summed E-state index contributed by atoms with van der Waals surface area (Å²) in [6.07, 6.45) is 1.80. The molecule has 0 atom stereocenters. The number of nitrogens with one attached hydrogen (secondary N) is 1. The number of hydrogen-bond donors (Lipinski definition) is 2. The molecular weight excluding hydrogens is 384 g/mol.